The maximum Gasteiger partial charge on any atom is 0.211 e. The number of rotatable bonds is 5. The SMILES string of the molecule is CS(=O)(=O)N1CCC(Cc2ccc(CN3CCCC3)cc2)CC1. The van der Waals surface area contributed by atoms with Gasteiger partial charge in [0.15, 0.2) is 0 Å². The quantitative estimate of drug-likeness (QED) is 0.829. The smallest absolute Gasteiger partial charge is 0.211 e. The Morgan fingerprint density at radius 3 is 2.09 bits per heavy atom. The van der Waals surface area contributed by atoms with Crippen LogP contribution in [0.1, 0.15) is 36.8 Å². The highest BCUT2D eigenvalue weighted by atomic mass is 32.2. The largest absolute Gasteiger partial charge is 0.299 e. The van der Waals surface area contributed by atoms with Crippen molar-refractivity contribution in [2.45, 2.75) is 38.6 Å². The van der Waals surface area contributed by atoms with Crippen molar-refractivity contribution in [3.63, 3.8) is 0 Å². The van der Waals surface area contributed by atoms with Gasteiger partial charge in [-0.05, 0) is 62.2 Å². The normalized spacial score (nSPS) is 21.8. The fourth-order valence-electron chi connectivity index (χ4n) is 3.76. The zero-order chi connectivity index (χ0) is 16.3. The number of sulfonamides is 1. The minimum atomic E-state index is -3.01. The molecule has 0 spiro atoms. The van der Waals surface area contributed by atoms with E-state index in [1.807, 2.05) is 0 Å². The molecular weight excluding hydrogens is 308 g/mol. The molecule has 128 valence electrons. The van der Waals surface area contributed by atoms with Gasteiger partial charge in [-0.25, -0.2) is 12.7 Å². The second-order valence-corrected chi connectivity index (χ2v) is 9.09. The van der Waals surface area contributed by atoms with Gasteiger partial charge < -0.3 is 0 Å². The van der Waals surface area contributed by atoms with Gasteiger partial charge in [0.25, 0.3) is 0 Å². The summed E-state index contributed by atoms with van der Waals surface area (Å²) in [5.41, 5.74) is 2.79. The molecular formula is C18H28N2O2S. The molecule has 0 aromatic heterocycles. The first-order valence-corrected chi connectivity index (χ1v) is 10.6. The maximum absolute atomic E-state index is 11.6. The minimum absolute atomic E-state index is 0.609. The van der Waals surface area contributed by atoms with Gasteiger partial charge in [0.2, 0.25) is 10.0 Å². The minimum Gasteiger partial charge on any atom is -0.299 e. The summed E-state index contributed by atoms with van der Waals surface area (Å²) in [5, 5.41) is 0. The molecule has 0 atom stereocenters. The second kappa shape index (κ2) is 7.32. The van der Waals surface area contributed by atoms with E-state index in [0.717, 1.165) is 25.8 Å². The fraction of sp³-hybridized carbons (Fsp3) is 0.667. The Kier molecular flexibility index (Phi) is 5.39. The molecule has 2 aliphatic rings. The van der Waals surface area contributed by atoms with Gasteiger partial charge in [0.05, 0.1) is 6.26 Å². The molecule has 0 radical (unpaired) electrons. The van der Waals surface area contributed by atoms with E-state index in [0.29, 0.717) is 19.0 Å². The number of benzene rings is 1. The first-order chi connectivity index (χ1) is 11.0. The molecule has 0 bridgehead atoms. The van der Waals surface area contributed by atoms with Gasteiger partial charge in [0, 0.05) is 19.6 Å². The van der Waals surface area contributed by atoms with Crippen molar-refractivity contribution in [2.24, 2.45) is 5.92 Å². The number of nitrogens with zero attached hydrogens (tertiary/aromatic N) is 2. The van der Waals surface area contributed by atoms with Crippen LogP contribution in [0.5, 0.6) is 0 Å². The molecule has 3 rings (SSSR count). The van der Waals surface area contributed by atoms with E-state index in [1.165, 1.54) is 43.3 Å². The highest BCUT2D eigenvalue weighted by Gasteiger charge is 2.24. The van der Waals surface area contributed by atoms with Gasteiger partial charge in [0.1, 0.15) is 0 Å². The van der Waals surface area contributed by atoms with Crippen LogP contribution in [0, 0.1) is 5.92 Å². The van der Waals surface area contributed by atoms with Crippen LogP contribution < -0.4 is 0 Å². The Balaban J connectivity index is 1.49. The van der Waals surface area contributed by atoms with Crippen molar-refractivity contribution < 1.29 is 8.42 Å². The molecule has 4 nitrogen and oxygen atoms in total. The summed E-state index contributed by atoms with van der Waals surface area (Å²) >= 11 is 0. The molecule has 2 aliphatic heterocycles. The van der Waals surface area contributed by atoms with E-state index in [-0.39, 0.29) is 0 Å². The lowest BCUT2D eigenvalue weighted by molar-refractivity contribution is 0.274. The van der Waals surface area contributed by atoms with E-state index in [1.54, 1.807) is 4.31 Å². The van der Waals surface area contributed by atoms with Crippen molar-refractivity contribution >= 4 is 10.0 Å². The number of hydrogen-bond acceptors (Lipinski definition) is 3. The predicted octanol–water partition coefficient (Wildman–Crippen LogP) is 2.50. The highest BCUT2D eigenvalue weighted by Crippen LogP contribution is 2.23. The summed E-state index contributed by atoms with van der Waals surface area (Å²) in [7, 11) is -3.01. The van der Waals surface area contributed by atoms with Crippen molar-refractivity contribution in [3.05, 3.63) is 35.4 Å². The molecule has 2 fully saturated rings. The summed E-state index contributed by atoms with van der Waals surface area (Å²) in [6.07, 6.45) is 7.01. The number of hydrogen-bond donors (Lipinski definition) is 0. The highest BCUT2D eigenvalue weighted by molar-refractivity contribution is 7.88. The molecule has 1 aromatic carbocycles. The van der Waals surface area contributed by atoms with Crippen molar-refractivity contribution in [3.8, 4) is 0 Å². The van der Waals surface area contributed by atoms with Crippen molar-refractivity contribution in [2.75, 3.05) is 32.4 Å². The first-order valence-electron chi connectivity index (χ1n) is 8.76. The van der Waals surface area contributed by atoms with Crippen molar-refractivity contribution in [1.29, 1.82) is 0 Å². The van der Waals surface area contributed by atoms with E-state index >= 15 is 0 Å². The molecule has 0 amide bonds. The molecule has 23 heavy (non-hydrogen) atoms. The van der Waals surface area contributed by atoms with Crippen LogP contribution in [0.15, 0.2) is 24.3 Å². The summed E-state index contributed by atoms with van der Waals surface area (Å²) < 4.78 is 24.7. The standard InChI is InChI=1S/C18H28N2O2S/c1-23(21,22)20-12-8-17(9-13-20)14-16-4-6-18(7-5-16)15-19-10-2-3-11-19/h4-7,17H,2-3,8-15H2,1H3. The van der Waals surface area contributed by atoms with Crippen LogP contribution in [0.25, 0.3) is 0 Å². The van der Waals surface area contributed by atoms with E-state index in [4.69, 9.17) is 0 Å². The fourth-order valence-corrected chi connectivity index (χ4v) is 4.63. The average molecular weight is 337 g/mol. The van der Waals surface area contributed by atoms with Crippen molar-refractivity contribution in [1.82, 2.24) is 9.21 Å². The summed E-state index contributed by atoms with van der Waals surface area (Å²) in [5.74, 6) is 0.609. The molecule has 0 saturated carbocycles. The average Bonchev–Trinajstić information content (AvgIpc) is 3.02. The maximum atomic E-state index is 11.6. The Hall–Kier alpha value is -0.910. The third kappa shape index (κ3) is 4.78. The zero-order valence-electron chi connectivity index (χ0n) is 14.1. The van der Waals surface area contributed by atoms with E-state index in [9.17, 15) is 8.42 Å². The summed E-state index contributed by atoms with van der Waals surface area (Å²) in [6, 6.07) is 9.04. The van der Waals surface area contributed by atoms with Gasteiger partial charge in [-0.15, -0.1) is 0 Å². The van der Waals surface area contributed by atoms with Crippen LogP contribution in [0.4, 0.5) is 0 Å². The van der Waals surface area contributed by atoms with Gasteiger partial charge in [-0.3, -0.25) is 4.90 Å². The van der Waals surface area contributed by atoms with Crippen LogP contribution in [-0.4, -0.2) is 50.1 Å². The van der Waals surface area contributed by atoms with Gasteiger partial charge in [-0.2, -0.15) is 0 Å². The van der Waals surface area contributed by atoms with Gasteiger partial charge in [-0.1, -0.05) is 24.3 Å². The Morgan fingerprint density at radius 2 is 1.52 bits per heavy atom. The topological polar surface area (TPSA) is 40.6 Å². The predicted molar refractivity (Wildman–Crippen MR) is 93.8 cm³/mol. The third-order valence-corrected chi connectivity index (χ3v) is 6.50. The number of likely N-dealkylation sites (tertiary alicyclic amines) is 1. The lowest BCUT2D eigenvalue weighted by Crippen LogP contribution is -2.38. The monoisotopic (exact) mass is 336 g/mol. The Labute approximate surface area is 140 Å². The van der Waals surface area contributed by atoms with Crippen LogP contribution in [0.2, 0.25) is 0 Å². The number of piperidine rings is 1. The van der Waals surface area contributed by atoms with Gasteiger partial charge >= 0.3 is 0 Å². The molecule has 0 N–H and O–H groups in total. The Morgan fingerprint density at radius 1 is 0.957 bits per heavy atom. The lowest BCUT2D eigenvalue weighted by atomic mass is 9.91. The lowest BCUT2D eigenvalue weighted by Gasteiger charge is -2.30. The summed E-state index contributed by atoms with van der Waals surface area (Å²) in [4.78, 5) is 2.52. The summed E-state index contributed by atoms with van der Waals surface area (Å²) in [6.45, 7) is 4.90. The molecule has 2 saturated heterocycles. The van der Waals surface area contributed by atoms with E-state index < -0.39 is 10.0 Å². The van der Waals surface area contributed by atoms with E-state index in [2.05, 4.69) is 29.2 Å². The van der Waals surface area contributed by atoms with Crippen LogP contribution in [0.3, 0.4) is 0 Å². The molecule has 2 heterocycles. The third-order valence-electron chi connectivity index (χ3n) is 5.19. The second-order valence-electron chi connectivity index (χ2n) is 7.11. The first kappa shape index (κ1) is 16.9. The molecule has 0 unspecified atom stereocenters. The molecule has 5 heteroatoms. The molecule has 1 aromatic rings. The van der Waals surface area contributed by atoms with Crippen LogP contribution >= 0.6 is 0 Å². The van der Waals surface area contributed by atoms with Crippen LogP contribution in [-0.2, 0) is 23.0 Å². The molecule has 0 aliphatic carbocycles. The zero-order valence-corrected chi connectivity index (χ0v) is 14.9. The Bertz CT molecular complexity index is 598.